The molecule has 0 aromatic heterocycles. The van der Waals surface area contributed by atoms with Crippen molar-refractivity contribution in [1.29, 1.82) is 5.41 Å². The molecule has 1 atom stereocenters. The van der Waals surface area contributed by atoms with Gasteiger partial charge in [-0.2, -0.15) is 0 Å². The van der Waals surface area contributed by atoms with Crippen molar-refractivity contribution < 1.29 is 9.53 Å². The average Bonchev–Trinajstić information content (AvgIpc) is 2.61. The molecule has 1 aromatic rings. The van der Waals surface area contributed by atoms with Crippen LogP contribution in [0.15, 0.2) is 35.5 Å². The molecule has 1 amide bonds. The molecule has 134 valence electrons. The van der Waals surface area contributed by atoms with Gasteiger partial charge in [0.25, 0.3) is 5.91 Å². The summed E-state index contributed by atoms with van der Waals surface area (Å²) in [5, 5.41) is 7.90. The molecule has 2 rings (SSSR count). The molecule has 0 aliphatic carbocycles. The molecule has 0 radical (unpaired) electrons. The van der Waals surface area contributed by atoms with Crippen LogP contribution in [0, 0.1) is 12.3 Å². The van der Waals surface area contributed by atoms with E-state index in [4.69, 9.17) is 10.1 Å². The van der Waals surface area contributed by atoms with Crippen molar-refractivity contribution in [3.63, 3.8) is 0 Å². The lowest BCUT2D eigenvalue weighted by Crippen LogP contribution is -2.54. The summed E-state index contributed by atoms with van der Waals surface area (Å²) in [5.41, 5.74) is 2.22. The highest BCUT2D eigenvalue weighted by molar-refractivity contribution is 5.99. The van der Waals surface area contributed by atoms with Crippen LogP contribution in [-0.4, -0.2) is 60.5 Å². The fourth-order valence-corrected chi connectivity index (χ4v) is 2.98. The predicted molar refractivity (Wildman–Crippen MR) is 101 cm³/mol. The number of aryl methyl sites for hydroxylation is 1. The highest BCUT2D eigenvalue weighted by atomic mass is 16.5. The summed E-state index contributed by atoms with van der Waals surface area (Å²) in [6.45, 7) is 11.5. The van der Waals surface area contributed by atoms with Crippen LogP contribution in [0.1, 0.15) is 29.8 Å². The number of benzene rings is 1. The SMILES string of the molecule is C=C(C(=N)N=CC)N1CCN(C(=O)c2ccc(C)c(OC)c2)C(C)C1. The van der Waals surface area contributed by atoms with Crippen molar-refractivity contribution in [2.75, 3.05) is 26.7 Å². The van der Waals surface area contributed by atoms with E-state index in [1.54, 1.807) is 26.3 Å². The van der Waals surface area contributed by atoms with Crippen molar-refractivity contribution in [2.45, 2.75) is 26.8 Å². The topological polar surface area (TPSA) is 69.0 Å². The highest BCUT2D eigenvalue weighted by Crippen LogP contribution is 2.22. The number of piperazine rings is 1. The maximum atomic E-state index is 12.9. The minimum Gasteiger partial charge on any atom is -0.496 e. The van der Waals surface area contributed by atoms with E-state index in [1.165, 1.54) is 0 Å². The normalized spacial score (nSPS) is 17.7. The Balaban J connectivity index is 2.09. The molecular formula is C19H26N4O2. The number of hydrogen-bond acceptors (Lipinski definition) is 4. The number of nitrogens with one attached hydrogen (secondary N) is 1. The Hall–Kier alpha value is -2.63. The standard InChI is InChI=1S/C19H26N4O2/c1-6-21-18(20)15(4)22-9-10-23(14(3)12-22)19(24)16-8-7-13(2)17(11-16)25-5/h6-8,11,14,20H,4,9-10,12H2,1-3,5H3. The van der Waals surface area contributed by atoms with Gasteiger partial charge in [-0.05, 0) is 38.5 Å². The molecule has 0 bridgehead atoms. The zero-order valence-electron chi connectivity index (χ0n) is 15.4. The van der Waals surface area contributed by atoms with Gasteiger partial charge in [-0.25, -0.2) is 4.99 Å². The van der Waals surface area contributed by atoms with Gasteiger partial charge in [0.05, 0.1) is 12.8 Å². The number of rotatable bonds is 4. The van der Waals surface area contributed by atoms with Crippen LogP contribution in [-0.2, 0) is 0 Å². The third kappa shape index (κ3) is 4.07. The third-order valence-corrected chi connectivity index (χ3v) is 4.46. The number of ether oxygens (including phenoxy) is 1. The van der Waals surface area contributed by atoms with Crippen LogP contribution in [0.3, 0.4) is 0 Å². The summed E-state index contributed by atoms with van der Waals surface area (Å²) in [4.78, 5) is 20.7. The summed E-state index contributed by atoms with van der Waals surface area (Å²) < 4.78 is 5.32. The lowest BCUT2D eigenvalue weighted by atomic mass is 10.1. The number of carbonyl (C=O) groups excluding carboxylic acids is 1. The summed E-state index contributed by atoms with van der Waals surface area (Å²) in [5.74, 6) is 0.881. The van der Waals surface area contributed by atoms with Gasteiger partial charge in [-0.3, -0.25) is 10.2 Å². The Morgan fingerprint density at radius 1 is 1.44 bits per heavy atom. The van der Waals surface area contributed by atoms with Gasteiger partial charge in [0.2, 0.25) is 0 Å². The first-order chi connectivity index (χ1) is 11.9. The molecule has 1 N–H and O–H groups in total. The van der Waals surface area contributed by atoms with E-state index in [0.717, 1.165) is 11.3 Å². The second-order valence-electron chi connectivity index (χ2n) is 6.16. The Kier molecular flexibility index (Phi) is 5.96. The Morgan fingerprint density at radius 2 is 2.16 bits per heavy atom. The Morgan fingerprint density at radius 3 is 2.76 bits per heavy atom. The second kappa shape index (κ2) is 7.96. The fourth-order valence-electron chi connectivity index (χ4n) is 2.98. The van der Waals surface area contributed by atoms with E-state index < -0.39 is 0 Å². The Labute approximate surface area is 149 Å². The second-order valence-corrected chi connectivity index (χ2v) is 6.16. The first-order valence-electron chi connectivity index (χ1n) is 8.36. The van der Waals surface area contributed by atoms with Crippen molar-refractivity contribution in [3.05, 3.63) is 41.6 Å². The van der Waals surface area contributed by atoms with Crippen molar-refractivity contribution >= 4 is 18.0 Å². The van der Waals surface area contributed by atoms with Crippen molar-refractivity contribution in [1.82, 2.24) is 9.80 Å². The van der Waals surface area contributed by atoms with Crippen LogP contribution in [0.25, 0.3) is 0 Å². The molecule has 1 heterocycles. The number of amides is 1. The van der Waals surface area contributed by atoms with Gasteiger partial charge in [0, 0.05) is 37.5 Å². The first-order valence-corrected chi connectivity index (χ1v) is 8.36. The zero-order chi connectivity index (χ0) is 18.6. The quantitative estimate of drug-likeness (QED) is 0.676. The van der Waals surface area contributed by atoms with Gasteiger partial charge in [0.1, 0.15) is 5.75 Å². The van der Waals surface area contributed by atoms with E-state index >= 15 is 0 Å². The summed E-state index contributed by atoms with van der Waals surface area (Å²) >= 11 is 0. The molecule has 1 aliphatic heterocycles. The molecule has 1 saturated heterocycles. The zero-order valence-corrected chi connectivity index (χ0v) is 15.4. The van der Waals surface area contributed by atoms with Crippen molar-refractivity contribution in [2.24, 2.45) is 4.99 Å². The highest BCUT2D eigenvalue weighted by Gasteiger charge is 2.29. The van der Waals surface area contributed by atoms with E-state index in [-0.39, 0.29) is 17.8 Å². The van der Waals surface area contributed by atoms with Crippen molar-refractivity contribution in [3.8, 4) is 5.75 Å². The van der Waals surface area contributed by atoms with Gasteiger partial charge in [-0.1, -0.05) is 12.6 Å². The summed E-state index contributed by atoms with van der Waals surface area (Å²) in [7, 11) is 1.61. The smallest absolute Gasteiger partial charge is 0.254 e. The minimum absolute atomic E-state index is 0.00211. The van der Waals surface area contributed by atoms with E-state index in [0.29, 0.717) is 30.9 Å². The lowest BCUT2D eigenvalue weighted by molar-refractivity contribution is 0.0551. The predicted octanol–water partition coefficient (Wildman–Crippen LogP) is 2.73. The monoisotopic (exact) mass is 342 g/mol. The molecule has 6 heteroatoms. The average molecular weight is 342 g/mol. The van der Waals surface area contributed by atoms with E-state index in [1.807, 2.05) is 35.8 Å². The third-order valence-electron chi connectivity index (χ3n) is 4.46. The molecule has 1 aromatic carbocycles. The van der Waals surface area contributed by atoms with Crippen LogP contribution >= 0.6 is 0 Å². The lowest BCUT2D eigenvalue weighted by Gasteiger charge is -2.41. The number of nitrogens with zero attached hydrogens (tertiary/aromatic N) is 3. The number of carbonyl (C=O) groups is 1. The maximum Gasteiger partial charge on any atom is 0.254 e. The largest absolute Gasteiger partial charge is 0.496 e. The Bertz CT molecular complexity index is 711. The van der Waals surface area contributed by atoms with Crippen LogP contribution in [0.5, 0.6) is 5.75 Å². The summed E-state index contributed by atoms with van der Waals surface area (Å²) in [6.07, 6.45) is 1.58. The molecule has 1 unspecified atom stereocenters. The number of hydrogen-bond donors (Lipinski definition) is 1. The molecule has 0 spiro atoms. The van der Waals surface area contributed by atoms with E-state index in [2.05, 4.69) is 11.6 Å². The molecule has 6 nitrogen and oxygen atoms in total. The molecule has 1 aliphatic rings. The molecule has 25 heavy (non-hydrogen) atoms. The fraction of sp³-hybridized carbons (Fsp3) is 0.421. The van der Waals surface area contributed by atoms with E-state index in [9.17, 15) is 4.79 Å². The first kappa shape index (κ1) is 18.7. The van der Waals surface area contributed by atoms with Gasteiger partial charge in [-0.15, -0.1) is 0 Å². The number of amidine groups is 1. The van der Waals surface area contributed by atoms with Gasteiger partial charge >= 0.3 is 0 Å². The number of methoxy groups -OCH3 is 1. The molecule has 0 saturated carbocycles. The molecular weight excluding hydrogens is 316 g/mol. The van der Waals surface area contributed by atoms with Gasteiger partial charge in [0.15, 0.2) is 5.84 Å². The summed E-state index contributed by atoms with van der Waals surface area (Å²) in [6, 6.07) is 5.55. The van der Waals surface area contributed by atoms with Gasteiger partial charge < -0.3 is 14.5 Å². The van der Waals surface area contributed by atoms with Crippen LogP contribution in [0.4, 0.5) is 0 Å². The minimum atomic E-state index is -0.00211. The van der Waals surface area contributed by atoms with Crippen LogP contribution < -0.4 is 4.74 Å². The number of aliphatic imine (C=N–C) groups is 1. The van der Waals surface area contributed by atoms with Crippen LogP contribution in [0.2, 0.25) is 0 Å². The maximum absolute atomic E-state index is 12.9. The molecule has 1 fully saturated rings.